The van der Waals surface area contributed by atoms with Crippen LogP contribution in [-0.4, -0.2) is 33.1 Å². The van der Waals surface area contributed by atoms with Crippen LogP contribution in [0.4, 0.5) is 0 Å². The van der Waals surface area contributed by atoms with Crippen LogP contribution < -0.4 is 22.6 Å². The average Bonchev–Trinajstić information content (AvgIpc) is 2.55. The van der Waals surface area contributed by atoms with Gasteiger partial charge in [-0.05, 0) is 32.1 Å². The standard InChI is InChI=1S/C21H42N2O.ClH/c1-4-5-6-7-8-9-10-11-12-13-14-15-16-18-21(24)22-19-17-20-23(2)3;/h9-10H,4-8,11-20H2,1-3H3,(H,22,24);1H/b10-9-;. The van der Waals surface area contributed by atoms with Crippen LogP contribution in [0.1, 0.15) is 90.4 Å². The molecule has 0 aromatic rings. The highest BCUT2D eigenvalue weighted by Crippen LogP contribution is 2.08. The monoisotopic (exact) mass is 374 g/mol. The number of carbonyl (C=O) groups is 1. The smallest absolute Gasteiger partial charge is 0.219 e. The fourth-order valence-corrected chi connectivity index (χ4v) is 2.76. The van der Waals surface area contributed by atoms with Crippen molar-refractivity contribution < 1.29 is 22.1 Å². The first-order chi connectivity index (χ1) is 11.7. The summed E-state index contributed by atoms with van der Waals surface area (Å²) in [6.45, 7) is 4.21. The van der Waals surface area contributed by atoms with Gasteiger partial charge in [0.25, 0.3) is 0 Å². The van der Waals surface area contributed by atoms with Gasteiger partial charge in [-0.3, -0.25) is 4.79 Å². The highest BCUT2D eigenvalue weighted by molar-refractivity contribution is 5.75. The Hall–Kier alpha value is -0.540. The summed E-state index contributed by atoms with van der Waals surface area (Å²) in [5.41, 5.74) is 0. The molecule has 0 aliphatic rings. The van der Waals surface area contributed by atoms with Gasteiger partial charge in [-0.15, -0.1) is 0 Å². The molecule has 25 heavy (non-hydrogen) atoms. The Balaban J connectivity index is 0. The first-order valence-corrected chi connectivity index (χ1v) is 10.4. The molecule has 0 saturated heterocycles. The van der Waals surface area contributed by atoms with Crippen LogP contribution in [0.25, 0.3) is 0 Å². The number of hydrogen-bond donors (Lipinski definition) is 2. The highest BCUT2D eigenvalue weighted by Gasteiger charge is 2.01. The van der Waals surface area contributed by atoms with Crippen LogP contribution in [0, 0.1) is 0 Å². The van der Waals surface area contributed by atoms with Gasteiger partial charge in [0, 0.05) is 19.4 Å². The van der Waals surface area contributed by atoms with Crippen LogP contribution in [0.2, 0.25) is 0 Å². The fraction of sp³-hybridized carbons (Fsp3) is 0.857. The molecular weight excluding hydrogens is 332 g/mol. The zero-order valence-corrected chi connectivity index (χ0v) is 17.8. The van der Waals surface area contributed by atoms with Crippen molar-refractivity contribution in [2.45, 2.75) is 90.4 Å². The molecule has 0 aromatic heterocycles. The summed E-state index contributed by atoms with van der Waals surface area (Å²) in [5.74, 6) is 0.231. The van der Waals surface area contributed by atoms with E-state index >= 15 is 0 Å². The molecule has 1 amide bonds. The van der Waals surface area contributed by atoms with Crippen LogP contribution in [0.3, 0.4) is 0 Å². The zero-order valence-electron chi connectivity index (χ0n) is 17.0. The van der Waals surface area contributed by atoms with Gasteiger partial charge in [-0.1, -0.05) is 57.6 Å². The van der Waals surface area contributed by atoms with E-state index in [2.05, 4.69) is 38.5 Å². The van der Waals surface area contributed by atoms with Crippen molar-refractivity contribution in [1.82, 2.24) is 5.32 Å². The third kappa shape index (κ3) is 23.5. The second kappa shape index (κ2) is 21.5. The van der Waals surface area contributed by atoms with Crippen LogP contribution in [0.15, 0.2) is 12.2 Å². The lowest BCUT2D eigenvalue weighted by Gasteiger charge is -2.08. The topological polar surface area (TPSA) is 33.5 Å². The number of carbonyl (C=O) groups excluding carboxylic acids is 1. The predicted octanol–water partition coefficient (Wildman–Crippen LogP) is 0.899. The predicted molar refractivity (Wildman–Crippen MR) is 106 cm³/mol. The molecule has 0 radical (unpaired) electrons. The maximum atomic E-state index is 11.7. The van der Waals surface area contributed by atoms with Crippen LogP contribution >= 0.6 is 0 Å². The molecule has 3 nitrogen and oxygen atoms in total. The highest BCUT2D eigenvalue weighted by atomic mass is 35.5. The molecule has 0 aromatic carbocycles. The number of quaternary nitrogens is 1. The Morgan fingerprint density at radius 2 is 1.40 bits per heavy atom. The number of hydrogen-bond acceptors (Lipinski definition) is 1. The van der Waals surface area contributed by atoms with Gasteiger partial charge in [0.15, 0.2) is 0 Å². The molecule has 0 unspecified atom stereocenters. The first kappa shape index (κ1) is 26.7. The molecule has 0 saturated carbocycles. The average molecular weight is 375 g/mol. The number of halogens is 1. The second-order valence-corrected chi connectivity index (χ2v) is 7.29. The minimum atomic E-state index is 0. The quantitative estimate of drug-likeness (QED) is 0.288. The van der Waals surface area contributed by atoms with Crippen molar-refractivity contribution >= 4 is 5.91 Å². The van der Waals surface area contributed by atoms with Crippen LogP contribution in [-0.2, 0) is 4.79 Å². The molecule has 2 N–H and O–H groups in total. The number of amides is 1. The number of allylic oxidation sites excluding steroid dienone is 2. The summed E-state index contributed by atoms with van der Waals surface area (Å²) < 4.78 is 0. The van der Waals surface area contributed by atoms with E-state index in [0.717, 1.165) is 25.9 Å². The summed E-state index contributed by atoms with van der Waals surface area (Å²) in [6, 6.07) is 0. The number of rotatable bonds is 17. The van der Waals surface area contributed by atoms with Crippen molar-refractivity contribution in [2.75, 3.05) is 27.2 Å². The van der Waals surface area contributed by atoms with Crippen molar-refractivity contribution in [2.24, 2.45) is 0 Å². The Morgan fingerprint density at radius 1 is 0.840 bits per heavy atom. The third-order valence-corrected chi connectivity index (χ3v) is 4.34. The molecule has 0 aliphatic heterocycles. The molecule has 0 bridgehead atoms. The van der Waals surface area contributed by atoms with E-state index in [4.69, 9.17) is 0 Å². The minimum absolute atomic E-state index is 0. The molecular formula is C21H43ClN2O. The van der Waals surface area contributed by atoms with Gasteiger partial charge in [0.1, 0.15) is 0 Å². The van der Waals surface area contributed by atoms with Gasteiger partial charge < -0.3 is 22.6 Å². The van der Waals surface area contributed by atoms with Crippen molar-refractivity contribution in [3.63, 3.8) is 0 Å². The van der Waals surface area contributed by atoms with E-state index in [-0.39, 0.29) is 18.3 Å². The SMILES string of the molecule is CCCCCC/C=C\CCCCCCCC(=O)NCCC[NH+](C)C.[Cl-]. The van der Waals surface area contributed by atoms with Crippen molar-refractivity contribution in [1.29, 1.82) is 0 Å². The lowest BCUT2D eigenvalue weighted by Crippen LogP contribution is -3.05. The van der Waals surface area contributed by atoms with Gasteiger partial charge in [-0.2, -0.15) is 0 Å². The molecule has 0 heterocycles. The van der Waals surface area contributed by atoms with Crippen LogP contribution in [0.5, 0.6) is 0 Å². The largest absolute Gasteiger partial charge is 1.00 e. The molecule has 0 fully saturated rings. The maximum Gasteiger partial charge on any atom is 0.219 e. The van der Waals surface area contributed by atoms with E-state index in [1.165, 1.54) is 69.1 Å². The number of unbranched alkanes of at least 4 members (excludes halogenated alkanes) is 9. The van der Waals surface area contributed by atoms with Gasteiger partial charge in [0.05, 0.1) is 20.6 Å². The van der Waals surface area contributed by atoms with E-state index in [1.54, 1.807) is 0 Å². The van der Waals surface area contributed by atoms with E-state index in [0.29, 0.717) is 6.42 Å². The summed E-state index contributed by atoms with van der Waals surface area (Å²) in [5, 5.41) is 3.02. The van der Waals surface area contributed by atoms with Gasteiger partial charge >= 0.3 is 0 Å². The first-order valence-electron chi connectivity index (χ1n) is 10.4. The second-order valence-electron chi connectivity index (χ2n) is 7.29. The Morgan fingerprint density at radius 3 is 2.00 bits per heavy atom. The lowest BCUT2D eigenvalue weighted by molar-refractivity contribution is -0.858. The Bertz CT molecular complexity index is 306. The summed E-state index contributed by atoms with van der Waals surface area (Å²) in [4.78, 5) is 13.1. The molecule has 150 valence electrons. The number of nitrogens with one attached hydrogen (secondary N) is 2. The van der Waals surface area contributed by atoms with Crippen molar-refractivity contribution in [3.8, 4) is 0 Å². The third-order valence-electron chi connectivity index (χ3n) is 4.34. The fourth-order valence-electron chi connectivity index (χ4n) is 2.76. The van der Waals surface area contributed by atoms with E-state index in [9.17, 15) is 4.79 Å². The maximum absolute atomic E-state index is 11.7. The molecule has 0 aliphatic carbocycles. The van der Waals surface area contributed by atoms with Gasteiger partial charge in [0.2, 0.25) is 5.91 Å². The lowest BCUT2D eigenvalue weighted by atomic mass is 10.1. The summed E-state index contributed by atoms with van der Waals surface area (Å²) in [6.07, 6.45) is 20.5. The molecule has 0 spiro atoms. The Labute approximate surface area is 163 Å². The molecule has 0 atom stereocenters. The minimum Gasteiger partial charge on any atom is -1.00 e. The molecule has 4 heteroatoms. The van der Waals surface area contributed by atoms with E-state index < -0.39 is 0 Å². The van der Waals surface area contributed by atoms with Gasteiger partial charge in [-0.25, -0.2) is 0 Å². The summed E-state index contributed by atoms with van der Waals surface area (Å²) >= 11 is 0. The summed E-state index contributed by atoms with van der Waals surface area (Å²) in [7, 11) is 4.29. The van der Waals surface area contributed by atoms with Crippen molar-refractivity contribution in [3.05, 3.63) is 12.2 Å². The molecule has 0 rings (SSSR count). The Kier molecular flexibility index (Phi) is 23.0. The van der Waals surface area contributed by atoms with E-state index in [1.807, 2.05) is 0 Å². The normalized spacial score (nSPS) is 11.0. The zero-order chi connectivity index (χ0) is 17.9.